The summed E-state index contributed by atoms with van der Waals surface area (Å²) in [5, 5.41) is 2.99. The fraction of sp³-hybridized carbons (Fsp3) is 0.500. The van der Waals surface area contributed by atoms with E-state index in [1.54, 1.807) is 18.2 Å². The molecule has 1 aliphatic rings. The Bertz CT molecular complexity index is 495. The zero-order valence-electron chi connectivity index (χ0n) is 12.3. The summed E-state index contributed by atoms with van der Waals surface area (Å²) >= 11 is 0. The van der Waals surface area contributed by atoms with Crippen LogP contribution in [0.25, 0.3) is 0 Å². The van der Waals surface area contributed by atoms with E-state index >= 15 is 0 Å². The van der Waals surface area contributed by atoms with Gasteiger partial charge in [0.2, 0.25) is 0 Å². The van der Waals surface area contributed by atoms with E-state index in [-0.39, 0.29) is 18.6 Å². The number of benzene rings is 1. The molecule has 21 heavy (non-hydrogen) atoms. The summed E-state index contributed by atoms with van der Waals surface area (Å²) in [6.45, 7) is -0.0483. The lowest BCUT2D eigenvalue weighted by Gasteiger charge is -2.22. The molecule has 0 radical (unpaired) electrons. The van der Waals surface area contributed by atoms with Crippen molar-refractivity contribution in [2.45, 2.75) is 38.1 Å². The van der Waals surface area contributed by atoms with Crippen LogP contribution in [-0.2, 0) is 4.79 Å². The van der Waals surface area contributed by atoms with Gasteiger partial charge in [-0.2, -0.15) is 0 Å². The fourth-order valence-corrected chi connectivity index (χ4v) is 2.54. The predicted molar refractivity (Wildman–Crippen MR) is 78.9 cm³/mol. The highest BCUT2D eigenvalue weighted by molar-refractivity contribution is 5.78. The minimum atomic E-state index is -0.122. The molecule has 0 aliphatic heterocycles. The van der Waals surface area contributed by atoms with Crippen molar-refractivity contribution in [3.05, 3.63) is 23.8 Å². The number of amides is 1. The maximum atomic E-state index is 11.9. The van der Waals surface area contributed by atoms with Gasteiger partial charge in [0.05, 0.1) is 7.11 Å². The van der Waals surface area contributed by atoms with E-state index in [1.165, 1.54) is 26.4 Å². The molecule has 0 bridgehead atoms. The number of nitrogens with one attached hydrogen (secondary N) is 1. The molecule has 1 aromatic rings. The lowest BCUT2D eigenvalue weighted by Crippen LogP contribution is -2.39. The smallest absolute Gasteiger partial charge is 0.258 e. The Labute approximate surface area is 124 Å². The van der Waals surface area contributed by atoms with E-state index < -0.39 is 0 Å². The van der Waals surface area contributed by atoms with Crippen molar-refractivity contribution < 1.29 is 19.1 Å². The van der Waals surface area contributed by atoms with Gasteiger partial charge in [-0.05, 0) is 31.0 Å². The normalized spacial score (nSPS) is 15.3. The van der Waals surface area contributed by atoms with Crippen LogP contribution in [0.15, 0.2) is 18.2 Å². The van der Waals surface area contributed by atoms with Crippen molar-refractivity contribution in [3.63, 3.8) is 0 Å². The maximum absolute atomic E-state index is 11.9. The molecule has 5 nitrogen and oxygen atoms in total. The zero-order valence-corrected chi connectivity index (χ0v) is 12.3. The van der Waals surface area contributed by atoms with Gasteiger partial charge >= 0.3 is 0 Å². The molecule has 0 spiro atoms. The highest BCUT2D eigenvalue weighted by Gasteiger charge is 2.16. The Kier molecular flexibility index (Phi) is 5.60. The van der Waals surface area contributed by atoms with Gasteiger partial charge in [-0.1, -0.05) is 19.3 Å². The van der Waals surface area contributed by atoms with Crippen LogP contribution >= 0.6 is 0 Å². The van der Waals surface area contributed by atoms with Gasteiger partial charge in [-0.3, -0.25) is 9.59 Å². The molecule has 1 aromatic carbocycles. The molecule has 114 valence electrons. The van der Waals surface area contributed by atoms with Crippen LogP contribution in [0.5, 0.6) is 11.5 Å². The fourth-order valence-electron chi connectivity index (χ4n) is 2.54. The van der Waals surface area contributed by atoms with Gasteiger partial charge in [0.1, 0.15) is 6.29 Å². The largest absolute Gasteiger partial charge is 0.493 e. The average Bonchev–Trinajstić information content (AvgIpc) is 2.53. The maximum Gasteiger partial charge on any atom is 0.258 e. The third-order valence-electron chi connectivity index (χ3n) is 3.65. The Morgan fingerprint density at radius 3 is 2.71 bits per heavy atom. The topological polar surface area (TPSA) is 64.6 Å². The number of methoxy groups -OCH3 is 1. The van der Waals surface area contributed by atoms with Gasteiger partial charge in [0, 0.05) is 11.6 Å². The molecule has 1 saturated carbocycles. The molecule has 1 fully saturated rings. The third-order valence-corrected chi connectivity index (χ3v) is 3.65. The van der Waals surface area contributed by atoms with Crippen LogP contribution in [0.1, 0.15) is 42.5 Å². The molecule has 0 saturated heterocycles. The number of hydrogen-bond acceptors (Lipinski definition) is 4. The minimum absolute atomic E-state index is 0.0483. The quantitative estimate of drug-likeness (QED) is 0.817. The molecule has 1 N–H and O–H groups in total. The second-order valence-electron chi connectivity index (χ2n) is 5.22. The molecular weight excluding hydrogens is 270 g/mol. The zero-order chi connectivity index (χ0) is 15.1. The summed E-state index contributed by atoms with van der Waals surface area (Å²) in [5.41, 5.74) is 0.505. The second kappa shape index (κ2) is 7.67. The predicted octanol–water partition coefficient (Wildman–Crippen LogP) is 2.34. The highest BCUT2D eigenvalue weighted by Crippen LogP contribution is 2.27. The number of aldehydes is 1. The van der Waals surface area contributed by atoms with Gasteiger partial charge in [-0.15, -0.1) is 0 Å². The SMILES string of the molecule is COc1cc(C=O)ccc1OCC(=O)NC1CCCCC1. The Hall–Kier alpha value is -2.04. The first kappa shape index (κ1) is 15.4. The van der Waals surface area contributed by atoms with Crippen molar-refractivity contribution in [1.82, 2.24) is 5.32 Å². The molecule has 0 atom stereocenters. The lowest BCUT2D eigenvalue weighted by atomic mass is 9.95. The van der Waals surface area contributed by atoms with E-state index in [4.69, 9.17) is 9.47 Å². The van der Waals surface area contributed by atoms with Crippen LogP contribution in [0.3, 0.4) is 0 Å². The van der Waals surface area contributed by atoms with E-state index in [9.17, 15) is 9.59 Å². The summed E-state index contributed by atoms with van der Waals surface area (Å²) in [4.78, 5) is 22.6. The summed E-state index contributed by atoms with van der Waals surface area (Å²) < 4.78 is 10.6. The second-order valence-corrected chi connectivity index (χ2v) is 5.22. The van der Waals surface area contributed by atoms with Crippen molar-refractivity contribution in [3.8, 4) is 11.5 Å². The minimum Gasteiger partial charge on any atom is -0.493 e. The van der Waals surface area contributed by atoms with Gasteiger partial charge in [-0.25, -0.2) is 0 Å². The van der Waals surface area contributed by atoms with Crippen molar-refractivity contribution in [2.75, 3.05) is 13.7 Å². The van der Waals surface area contributed by atoms with E-state index in [2.05, 4.69) is 5.32 Å². The summed E-state index contributed by atoms with van der Waals surface area (Å²) in [6.07, 6.45) is 6.43. The van der Waals surface area contributed by atoms with E-state index in [0.29, 0.717) is 17.1 Å². The molecule has 0 aromatic heterocycles. The molecule has 1 amide bonds. The van der Waals surface area contributed by atoms with Crippen LogP contribution in [-0.4, -0.2) is 32.0 Å². The molecule has 0 heterocycles. The standard InChI is InChI=1S/C16H21NO4/c1-20-15-9-12(10-18)7-8-14(15)21-11-16(19)17-13-5-3-2-4-6-13/h7-10,13H,2-6,11H2,1H3,(H,17,19). The molecule has 1 aliphatic carbocycles. The molecule has 0 unspecified atom stereocenters. The highest BCUT2D eigenvalue weighted by atomic mass is 16.5. The number of rotatable bonds is 6. The van der Waals surface area contributed by atoms with Crippen LogP contribution < -0.4 is 14.8 Å². The Morgan fingerprint density at radius 2 is 2.05 bits per heavy atom. The number of ether oxygens (including phenoxy) is 2. The van der Waals surface area contributed by atoms with E-state index in [1.807, 2.05) is 0 Å². The monoisotopic (exact) mass is 291 g/mol. The number of carbonyl (C=O) groups is 2. The number of hydrogen-bond donors (Lipinski definition) is 1. The Balaban J connectivity index is 1.86. The third kappa shape index (κ3) is 4.48. The lowest BCUT2D eigenvalue weighted by molar-refractivity contribution is -0.124. The summed E-state index contributed by atoms with van der Waals surface area (Å²) in [7, 11) is 1.50. The Morgan fingerprint density at radius 1 is 1.29 bits per heavy atom. The van der Waals surface area contributed by atoms with Crippen molar-refractivity contribution in [2.24, 2.45) is 0 Å². The van der Waals surface area contributed by atoms with Crippen LogP contribution in [0.2, 0.25) is 0 Å². The molecule has 5 heteroatoms. The van der Waals surface area contributed by atoms with E-state index in [0.717, 1.165) is 19.1 Å². The van der Waals surface area contributed by atoms with Gasteiger partial charge in [0.25, 0.3) is 5.91 Å². The first-order valence-electron chi connectivity index (χ1n) is 7.28. The molecule has 2 rings (SSSR count). The number of carbonyl (C=O) groups excluding carboxylic acids is 2. The van der Waals surface area contributed by atoms with Crippen molar-refractivity contribution in [1.29, 1.82) is 0 Å². The first-order chi connectivity index (χ1) is 10.2. The summed E-state index contributed by atoms with van der Waals surface area (Å²) in [6, 6.07) is 5.12. The average molecular weight is 291 g/mol. The molecular formula is C16H21NO4. The van der Waals surface area contributed by atoms with Gasteiger partial charge < -0.3 is 14.8 Å². The van der Waals surface area contributed by atoms with Crippen LogP contribution in [0, 0.1) is 0 Å². The van der Waals surface area contributed by atoms with Crippen LogP contribution in [0.4, 0.5) is 0 Å². The first-order valence-corrected chi connectivity index (χ1v) is 7.28. The van der Waals surface area contributed by atoms with Crippen molar-refractivity contribution >= 4 is 12.2 Å². The van der Waals surface area contributed by atoms with Gasteiger partial charge in [0.15, 0.2) is 18.1 Å². The summed E-state index contributed by atoms with van der Waals surface area (Å²) in [5.74, 6) is 0.787.